The molecule has 78 valence electrons. The summed E-state index contributed by atoms with van der Waals surface area (Å²) in [6.07, 6.45) is 1.05. The number of hydrogen-bond acceptors (Lipinski definition) is 2. The SMILES string of the molecule is CCc1cc(COC)cc(COC)c1. The van der Waals surface area contributed by atoms with Crippen molar-refractivity contribution in [3.63, 3.8) is 0 Å². The molecule has 0 aliphatic carbocycles. The lowest BCUT2D eigenvalue weighted by atomic mass is 10.0. The summed E-state index contributed by atoms with van der Waals surface area (Å²) in [7, 11) is 3.43. The maximum atomic E-state index is 5.12. The third kappa shape index (κ3) is 3.13. The second-order valence-corrected chi connectivity index (χ2v) is 3.38. The maximum Gasteiger partial charge on any atom is 0.0713 e. The number of benzene rings is 1. The highest BCUT2D eigenvalue weighted by Gasteiger charge is 1.99. The first-order valence-electron chi connectivity index (χ1n) is 4.89. The maximum absolute atomic E-state index is 5.12. The van der Waals surface area contributed by atoms with Gasteiger partial charge in [-0.2, -0.15) is 0 Å². The molecule has 1 rings (SSSR count). The van der Waals surface area contributed by atoms with Crippen molar-refractivity contribution in [1.82, 2.24) is 0 Å². The average Bonchev–Trinajstić information content (AvgIpc) is 2.18. The number of methoxy groups -OCH3 is 2. The molecule has 0 aliphatic heterocycles. The van der Waals surface area contributed by atoms with E-state index in [1.54, 1.807) is 14.2 Å². The molecule has 0 amide bonds. The van der Waals surface area contributed by atoms with Crippen LogP contribution in [0.2, 0.25) is 0 Å². The van der Waals surface area contributed by atoms with Crippen molar-refractivity contribution in [1.29, 1.82) is 0 Å². The Balaban J connectivity index is 2.88. The first kappa shape index (κ1) is 11.2. The topological polar surface area (TPSA) is 18.5 Å². The highest BCUT2D eigenvalue weighted by molar-refractivity contribution is 5.29. The van der Waals surface area contributed by atoms with Gasteiger partial charge in [0.1, 0.15) is 0 Å². The van der Waals surface area contributed by atoms with Gasteiger partial charge < -0.3 is 9.47 Å². The second-order valence-electron chi connectivity index (χ2n) is 3.38. The molecule has 2 heteroatoms. The lowest BCUT2D eigenvalue weighted by Crippen LogP contribution is -1.95. The summed E-state index contributed by atoms with van der Waals surface area (Å²) in [6.45, 7) is 3.50. The zero-order valence-corrected chi connectivity index (χ0v) is 9.17. The van der Waals surface area contributed by atoms with Gasteiger partial charge in [0, 0.05) is 14.2 Å². The van der Waals surface area contributed by atoms with Crippen LogP contribution in [0.25, 0.3) is 0 Å². The summed E-state index contributed by atoms with van der Waals surface area (Å²) in [4.78, 5) is 0. The quantitative estimate of drug-likeness (QED) is 0.717. The van der Waals surface area contributed by atoms with E-state index in [-0.39, 0.29) is 0 Å². The van der Waals surface area contributed by atoms with Gasteiger partial charge in [0.25, 0.3) is 0 Å². The van der Waals surface area contributed by atoms with Crippen LogP contribution in [0.5, 0.6) is 0 Å². The number of aryl methyl sites for hydroxylation is 1. The van der Waals surface area contributed by atoms with Gasteiger partial charge >= 0.3 is 0 Å². The van der Waals surface area contributed by atoms with Crippen LogP contribution in [0.15, 0.2) is 18.2 Å². The van der Waals surface area contributed by atoms with Crippen LogP contribution in [0.3, 0.4) is 0 Å². The Kier molecular flexibility index (Phi) is 4.63. The van der Waals surface area contributed by atoms with Gasteiger partial charge in [-0.15, -0.1) is 0 Å². The summed E-state index contributed by atoms with van der Waals surface area (Å²) in [5.41, 5.74) is 3.78. The molecular weight excluding hydrogens is 176 g/mol. The van der Waals surface area contributed by atoms with Crippen molar-refractivity contribution < 1.29 is 9.47 Å². The lowest BCUT2D eigenvalue weighted by Gasteiger charge is -2.07. The molecule has 0 saturated carbocycles. The van der Waals surface area contributed by atoms with Crippen LogP contribution >= 0.6 is 0 Å². The van der Waals surface area contributed by atoms with Crippen molar-refractivity contribution in [2.24, 2.45) is 0 Å². The van der Waals surface area contributed by atoms with Crippen molar-refractivity contribution in [2.45, 2.75) is 26.6 Å². The normalized spacial score (nSPS) is 10.5. The van der Waals surface area contributed by atoms with E-state index < -0.39 is 0 Å². The molecule has 0 radical (unpaired) electrons. The monoisotopic (exact) mass is 194 g/mol. The molecule has 0 unspecified atom stereocenters. The van der Waals surface area contributed by atoms with Gasteiger partial charge in [-0.3, -0.25) is 0 Å². The van der Waals surface area contributed by atoms with E-state index in [2.05, 4.69) is 25.1 Å². The minimum atomic E-state index is 0.671. The first-order chi connectivity index (χ1) is 6.80. The molecule has 0 saturated heterocycles. The molecule has 0 atom stereocenters. The fourth-order valence-electron chi connectivity index (χ4n) is 1.54. The molecule has 2 nitrogen and oxygen atoms in total. The van der Waals surface area contributed by atoms with Crippen LogP contribution in [-0.2, 0) is 29.1 Å². The zero-order valence-electron chi connectivity index (χ0n) is 9.17. The summed E-state index contributed by atoms with van der Waals surface area (Å²) in [5, 5.41) is 0. The minimum absolute atomic E-state index is 0.671. The standard InChI is InChI=1S/C12H18O2/c1-4-10-5-11(8-13-2)7-12(6-10)9-14-3/h5-7H,4,8-9H2,1-3H3. The lowest BCUT2D eigenvalue weighted by molar-refractivity contribution is 0.180. The van der Waals surface area contributed by atoms with E-state index >= 15 is 0 Å². The van der Waals surface area contributed by atoms with Crippen molar-refractivity contribution in [3.05, 3.63) is 34.9 Å². The van der Waals surface area contributed by atoms with Crippen molar-refractivity contribution in [2.75, 3.05) is 14.2 Å². The van der Waals surface area contributed by atoms with Gasteiger partial charge in [0.2, 0.25) is 0 Å². The van der Waals surface area contributed by atoms with E-state index in [1.807, 2.05) is 0 Å². The fraction of sp³-hybridized carbons (Fsp3) is 0.500. The Bertz CT molecular complexity index is 257. The Labute approximate surface area is 85.8 Å². The molecule has 14 heavy (non-hydrogen) atoms. The van der Waals surface area contributed by atoms with Crippen LogP contribution in [-0.4, -0.2) is 14.2 Å². The molecule has 0 fully saturated rings. The van der Waals surface area contributed by atoms with Gasteiger partial charge in [-0.1, -0.05) is 25.1 Å². The average molecular weight is 194 g/mol. The Morgan fingerprint density at radius 1 is 0.857 bits per heavy atom. The summed E-state index contributed by atoms with van der Waals surface area (Å²) in [6, 6.07) is 6.50. The minimum Gasteiger partial charge on any atom is -0.380 e. The predicted octanol–water partition coefficient (Wildman–Crippen LogP) is 2.54. The van der Waals surface area contributed by atoms with Crippen LogP contribution in [0, 0.1) is 0 Å². The molecular formula is C12H18O2. The third-order valence-corrected chi connectivity index (χ3v) is 2.14. The molecule has 0 spiro atoms. The van der Waals surface area contributed by atoms with Crippen LogP contribution in [0.1, 0.15) is 23.6 Å². The fourth-order valence-corrected chi connectivity index (χ4v) is 1.54. The molecule has 1 aromatic rings. The van der Waals surface area contributed by atoms with E-state index in [0.717, 1.165) is 6.42 Å². The number of ether oxygens (including phenoxy) is 2. The molecule has 0 aromatic heterocycles. The first-order valence-corrected chi connectivity index (χ1v) is 4.89. The second kappa shape index (κ2) is 5.78. The largest absolute Gasteiger partial charge is 0.380 e. The Hall–Kier alpha value is -0.860. The third-order valence-electron chi connectivity index (χ3n) is 2.14. The van der Waals surface area contributed by atoms with Crippen molar-refractivity contribution in [3.8, 4) is 0 Å². The van der Waals surface area contributed by atoms with Gasteiger partial charge in [0.15, 0.2) is 0 Å². The molecule has 1 aromatic carbocycles. The zero-order chi connectivity index (χ0) is 10.4. The summed E-state index contributed by atoms with van der Waals surface area (Å²) < 4.78 is 10.2. The van der Waals surface area contributed by atoms with E-state index in [1.165, 1.54) is 16.7 Å². The van der Waals surface area contributed by atoms with Crippen LogP contribution in [0.4, 0.5) is 0 Å². The molecule has 0 heterocycles. The van der Waals surface area contributed by atoms with Gasteiger partial charge in [-0.25, -0.2) is 0 Å². The van der Waals surface area contributed by atoms with E-state index in [4.69, 9.17) is 9.47 Å². The van der Waals surface area contributed by atoms with E-state index in [0.29, 0.717) is 13.2 Å². The highest BCUT2D eigenvalue weighted by Crippen LogP contribution is 2.12. The van der Waals surface area contributed by atoms with Crippen molar-refractivity contribution >= 4 is 0 Å². The summed E-state index contributed by atoms with van der Waals surface area (Å²) >= 11 is 0. The molecule has 0 N–H and O–H groups in total. The van der Waals surface area contributed by atoms with Gasteiger partial charge in [0.05, 0.1) is 13.2 Å². The Morgan fingerprint density at radius 3 is 1.64 bits per heavy atom. The highest BCUT2D eigenvalue weighted by atomic mass is 16.5. The Morgan fingerprint density at radius 2 is 1.29 bits per heavy atom. The predicted molar refractivity (Wildman–Crippen MR) is 57.2 cm³/mol. The van der Waals surface area contributed by atoms with Crippen LogP contribution < -0.4 is 0 Å². The number of hydrogen-bond donors (Lipinski definition) is 0. The van der Waals surface area contributed by atoms with E-state index in [9.17, 15) is 0 Å². The number of rotatable bonds is 5. The molecule has 0 bridgehead atoms. The smallest absolute Gasteiger partial charge is 0.0713 e. The summed E-state index contributed by atoms with van der Waals surface area (Å²) in [5.74, 6) is 0. The molecule has 0 aliphatic rings. The van der Waals surface area contributed by atoms with Gasteiger partial charge in [-0.05, 0) is 23.1 Å².